The van der Waals surface area contributed by atoms with Crippen molar-refractivity contribution < 1.29 is 18.7 Å². The minimum Gasteiger partial charge on any atom is -0.467 e. The summed E-state index contributed by atoms with van der Waals surface area (Å²) in [6, 6.07) is 17.1. The zero-order valence-corrected chi connectivity index (χ0v) is 18.1. The van der Waals surface area contributed by atoms with Crippen LogP contribution in [0.1, 0.15) is 11.3 Å². The number of amides is 1. The van der Waals surface area contributed by atoms with Gasteiger partial charge in [-0.05, 0) is 36.8 Å². The lowest BCUT2D eigenvalue weighted by atomic mass is 10.1. The molecule has 8 nitrogen and oxygen atoms in total. The summed E-state index contributed by atoms with van der Waals surface area (Å²) in [5.41, 5.74) is 2.73. The third-order valence-corrected chi connectivity index (χ3v) is 5.95. The van der Waals surface area contributed by atoms with E-state index in [9.17, 15) is 4.79 Å². The number of aromatic nitrogens is 3. The van der Waals surface area contributed by atoms with Crippen molar-refractivity contribution in [3.8, 4) is 22.9 Å². The monoisotopic (exact) mass is 448 g/mol. The van der Waals surface area contributed by atoms with Gasteiger partial charge in [0.05, 0.1) is 18.6 Å². The van der Waals surface area contributed by atoms with Gasteiger partial charge in [0, 0.05) is 17.3 Å². The molecule has 0 saturated heterocycles. The van der Waals surface area contributed by atoms with Gasteiger partial charge in [-0.3, -0.25) is 9.36 Å². The lowest BCUT2D eigenvalue weighted by Gasteiger charge is -2.10. The van der Waals surface area contributed by atoms with E-state index < -0.39 is 0 Å². The summed E-state index contributed by atoms with van der Waals surface area (Å²) in [5, 5.41) is 12.3. The number of carbonyl (C=O) groups is 1. The molecule has 1 amide bonds. The van der Waals surface area contributed by atoms with E-state index in [1.165, 1.54) is 11.8 Å². The van der Waals surface area contributed by atoms with Crippen LogP contribution in [-0.2, 0) is 11.3 Å². The summed E-state index contributed by atoms with van der Waals surface area (Å²) < 4.78 is 18.2. The highest BCUT2D eigenvalue weighted by Gasteiger charge is 2.19. The third kappa shape index (κ3) is 4.19. The summed E-state index contributed by atoms with van der Waals surface area (Å²) >= 11 is 1.32. The van der Waals surface area contributed by atoms with Gasteiger partial charge in [-0.1, -0.05) is 36.0 Å². The second kappa shape index (κ2) is 8.80. The maximum atomic E-state index is 12.6. The Kier molecular flexibility index (Phi) is 5.55. The molecule has 0 unspecified atom stereocenters. The number of benzene rings is 2. The fourth-order valence-corrected chi connectivity index (χ4v) is 4.16. The van der Waals surface area contributed by atoms with Crippen molar-refractivity contribution in [2.24, 2.45) is 0 Å². The normalized spacial score (nSPS) is 12.2. The Bertz CT molecular complexity index is 1250. The van der Waals surface area contributed by atoms with Crippen LogP contribution in [0.2, 0.25) is 0 Å². The first kappa shape index (κ1) is 20.2. The largest absolute Gasteiger partial charge is 0.467 e. The van der Waals surface area contributed by atoms with E-state index >= 15 is 0 Å². The molecule has 4 aromatic rings. The van der Waals surface area contributed by atoms with Gasteiger partial charge in [0.25, 0.3) is 0 Å². The van der Waals surface area contributed by atoms with Crippen molar-refractivity contribution >= 4 is 23.4 Å². The Morgan fingerprint density at radius 2 is 1.97 bits per heavy atom. The molecular weight excluding hydrogens is 428 g/mol. The molecule has 1 N–H and O–H groups in total. The van der Waals surface area contributed by atoms with Crippen LogP contribution < -0.4 is 14.8 Å². The summed E-state index contributed by atoms with van der Waals surface area (Å²) in [6.45, 7) is 2.69. The van der Waals surface area contributed by atoms with E-state index in [0.29, 0.717) is 28.9 Å². The molecule has 1 aliphatic heterocycles. The smallest absolute Gasteiger partial charge is 0.234 e. The van der Waals surface area contributed by atoms with Gasteiger partial charge in [0.1, 0.15) is 5.76 Å². The third-order valence-electron chi connectivity index (χ3n) is 4.99. The molecule has 3 heterocycles. The summed E-state index contributed by atoms with van der Waals surface area (Å²) in [5.74, 6) is 2.84. The molecule has 0 bridgehead atoms. The van der Waals surface area contributed by atoms with Crippen LogP contribution in [-0.4, -0.2) is 33.2 Å². The van der Waals surface area contributed by atoms with Crippen molar-refractivity contribution in [3.63, 3.8) is 0 Å². The topological polar surface area (TPSA) is 91.4 Å². The summed E-state index contributed by atoms with van der Waals surface area (Å²) in [7, 11) is 0. The molecule has 0 aliphatic carbocycles. The fourth-order valence-electron chi connectivity index (χ4n) is 3.42. The van der Waals surface area contributed by atoms with E-state index in [1.54, 1.807) is 24.5 Å². The van der Waals surface area contributed by atoms with Crippen LogP contribution >= 0.6 is 11.8 Å². The second-order valence-electron chi connectivity index (χ2n) is 7.19. The van der Waals surface area contributed by atoms with E-state index in [2.05, 4.69) is 15.5 Å². The Labute approximate surface area is 188 Å². The van der Waals surface area contributed by atoms with Gasteiger partial charge in [-0.2, -0.15) is 0 Å². The zero-order valence-electron chi connectivity index (χ0n) is 17.3. The second-order valence-corrected chi connectivity index (χ2v) is 8.13. The first-order valence-electron chi connectivity index (χ1n) is 10.0. The van der Waals surface area contributed by atoms with Crippen LogP contribution in [0.4, 0.5) is 5.69 Å². The number of furan rings is 1. The number of aryl methyl sites for hydroxylation is 1. The van der Waals surface area contributed by atoms with Crippen molar-refractivity contribution in [2.45, 2.75) is 18.6 Å². The van der Waals surface area contributed by atoms with Crippen molar-refractivity contribution in [1.29, 1.82) is 0 Å². The molecule has 2 aromatic heterocycles. The minimum absolute atomic E-state index is 0.154. The summed E-state index contributed by atoms with van der Waals surface area (Å²) in [6.07, 6.45) is 1.64. The molecule has 5 rings (SSSR count). The van der Waals surface area contributed by atoms with Crippen molar-refractivity contribution in [1.82, 2.24) is 14.8 Å². The van der Waals surface area contributed by atoms with Gasteiger partial charge in [-0.25, -0.2) is 0 Å². The maximum Gasteiger partial charge on any atom is 0.234 e. The molecule has 2 aromatic carbocycles. The Morgan fingerprint density at radius 1 is 1.09 bits per heavy atom. The number of carbonyl (C=O) groups excluding carboxylic acids is 1. The van der Waals surface area contributed by atoms with Gasteiger partial charge in [-0.15, -0.1) is 10.2 Å². The number of hydrogen-bond acceptors (Lipinski definition) is 7. The average Bonchev–Trinajstić information content (AvgIpc) is 3.54. The minimum atomic E-state index is -0.154. The Balaban J connectivity index is 1.34. The first-order valence-corrected chi connectivity index (χ1v) is 11.0. The predicted octanol–water partition coefficient (Wildman–Crippen LogP) is 4.35. The summed E-state index contributed by atoms with van der Waals surface area (Å²) in [4.78, 5) is 12.6. The molecule has 162 valence electrons. The number of anilines is 1. The van der Waals surface area contributed by atoms with E-state index in [0.717, 1.165) is 22.7 Å². The fraction of sp³-hybridized carbons (Fsp3) is 0.174. The molecule has 9 heteroatoms. The number of nitrogens with zero attached hydrogens (tertiary/aromatic N) is 3. The number of ether oxygens (including phenoxy) is 2. The molecule has 0 radical (unpaired) electrons. The van der Waals surface area contributed by atoms with E-state index in [-0.39, 0.29) is 18.5 Å². The molecule has 1 aliphatic rings. The molecule has 0 saturated carbocycles. The zero-order chi connectivity index (χ0) is 21.9. The number of fused-ring (bicyclic) bond motifs is 1. The van der Waals surface area contributed by atoms with Gasteiger partial charge >= 0.3 is 0 Å². The van der Waals surface area contributed by atoms with Crippen molar-refractivity contribution in [3.05, 3.63) is 72.2 Å². The molecule has 0 atom stereocenters. The molecule has 32 heavy (non-hydrogen) atoms. The Morgan fingerprint density at radius 3 is 2.81 bits per heavy atom. The lowest BCUT2D eigenvalue weighted by Crippen LogP contribution is -2.14. The highest BCUT2D eigenvalue weighted by atomic mass is 32.2. The number of hydrogen-bond donors (Lipinski definition) is 1. The van der Waals surface area contributed by atoms with Crippen LogP contribution in [0.15, 0.2) is 70.4 Å². The van der Waals surface area contributed by atoms with Crippen molar-refractivity contribution in [2.75, 3.05) is 17.9 Å². The average molecular weight is 449 g/mol. The molecule has 0 spiro atoms. The number of thioether (sulfide) groups is 1. The van der Waals surface area contributed by atoms with Crippen LogP contribution in [0.5, 0.6) is 11.5 Å². The number of rotatable bonds is 7. The van der Waals surface area contributed by atoms with Crippen LogP contribution in [0.3, 0.4) is 0 Å². The number of nitrogens with one attached hydrogen (secondary N) is 1. The van der Waals surface area contributed by atoms with E-state index in [4.69, 9.17) is 13.9 Å². The van der Waals surface area contributed by atoms with Gasteiger partial charge in [0.15, 0.2) is 22.5 Å². The van der Waals surface area contributed by atoms with Gasteiger partial charge in [0.2, 0.25) is 12.7 Å². The first-order chi connectivity index (χ1) is 15.7. The maximum absolute atomic E-state index is 12.6. The molecule has 0 fully saturated rings. The SMILES string of the molecule is Cc1ccccc1-c1nnc(SCC(=O)Nc2ccc3c(c2)OCO3)n1Cc1ccco1. The van der Waals surface area contributed by atoms with Gasteiger partial charge < -0.3 is 19.2 Å². The van der Waals surface area contributed by atoms with E-state index in [1.807, 2.05) is 47.9 Å². The van der Waals surface area contributed by atoms with Crippen LogP contribution in [0.25, 0.3) is 11.4 Å². The highest BCUT2D eigenvalue weighted by molar-refractivity contribution is 7.99. The Hall–Kier alpha value is -3.72. The predicted molar refractivity (Wildman–Crippen MR) is 120 cm³/mol. The standard InChI is InChI=1S/C23H20N4O4S/c1-15-5-2-3-7-18(15)22-25-26-23(27(22)12-17-6-4-10-29-17)32-13-21(28)24-16-8-9-19-20(11-16)31-14-30-19/h2-11H,12-14H2,1H3,(H,24,28). The highest BCUT2D eigenvalue weighted by Crippen LogP contribution is 2.34. The quantitative estimate of drug-likeness (QED) is 0.420. The molecular formula is C23H20N4O4S. The van der Waals surface area contributed by atoms with Crippen LogP contribution in [0, 0.1) is 6.92 Å². The lowest BCUT2D eigenvalue weighted by molar-refractivity contribution is -0.113.